The van der Waals surface area contributed by atoms with Gasteiger partial charge in [0, 0.05) is 45.5 Å². The van der Waals surface area contributed by atoms with Crippen LogP contribution in [0.5, 0.6) is 0 Å². The molecular weight excluding hydrogens is 256 g/mol. The molecule has 0 spiro atoms. The van der Waals surface area contributed by atoms with Crippen LogP contribution in [0.25, 0.3) is 0 Å². The molecule has 20 heavy (non-hydrogen) atoms. The Hall–Kier alpha value is -1.66. The van der Waals surface area contributed by atoms with Crippen molar-refractivity contribution < 1.29 is 9.90 Å². The molecule has 1 aromatic heterocycles. The number of carbonyl (C=O) groups is 1. The Morgan fingerprint density at radius 3 is 3.05 bits per heavy atom. The number of aliphatic hydroxyl groups excluding tert-OH is 1. The van der Waals surface area contributed by atoms with Crippen LogP contribution in [0, 0.1) is 0 Å². The third-order valence-electron chi connectivity index (χ3n) is 3.80. The second-order valence-electron chi connectivity index (χ2n) is 5.05. The first kappa shape index (κ1) is 14.7. The Bertz CT molecular complexity index is 466. The van der Waals surface area contributed by atoms with E-state index >= 15 is 0 Å². The molecule has 2 N–H and O–H groups in total. The molecule has 6 heteroatoms. The van der Waals surface area contributed by atoms with Crippen LogP contribution < -0.4 is 5.32 Å². The highest BCUT2D eigenvalue weighted by molar-refractivity contribution is 5.98. The monoisotopic (exact) mass is 278 g/mol. The van der Waals surface area contributed by atoms with Gasteiger partial charge in [-0.2, -0.15) is 0 Å². The van der Waals surface area contributed by atoms with Crippen LogP contribution in [0.3, 0.4) is 0 Å². The van der Waals surface area contributed by atoms with E-state index in [9.17, 15) is 4.79 Å². The highest BCUT2D eigenvalue weighted by Crippen LogP contribution is 2.17. The highest BCUT2D eigenvalue weighted by atomic mass is 16.3. The fourth-order valence-corrected chi connectivity index (χ4v) is 2.54. The Morgan fingerprint density at radius 2 is 2.35 bits per heavy atom. The Morgan fingerprint density at radius 1 is 1.55 bits per heavy atom. The molecule has 1 saturated heterocycles. The molecule has 0 aliphatic carbocycles. The minimum absolute atomic E-state index is 0.00140. The topological polar surface area (TPSA) is 68.7 Å². The molecule has 0 saturated carbocycles. The number of pyridine rings is 1. The van der Waals surface area contributed by atoms with Crippen molar-refractivity contribution in [2.24, 2.45) is 0 Å². The first-order valence-corrected chi connectivity index (χ1v) is 6.90. The summed E-state index contributed by atoms with van der Waals surface area (Å²) in [6.07, 6.45) is 2.35. The third-order valence-corrected chi connectivity index (χ3v) is 3.80. The van der Waals surface area contributed by atoms with Gasteiger partial charge in [-0.25, -0.2) is 4.98 Å². The smallest absolute Gasteiger partial charge is 0.257 e. The summed E-state index contributed by atoms with van der Waals surface area (Å²) in [4.78, 5) is 20.8. The van der Waals surface area contributed by atoms with Gasteiger partial charge in [0.05, 0.1) is 5.56 Å². The number of nitrogens with one attached hydrogen (secondary N) is 1. The van der Waals surface area contributed by atoms with Crippen molar-refractivity contribution in [3.05, 3.63) is 23.9 Å². The normalized spacial score (nSPS) is 19.9. The number of hydrogen-bond donors (Lipinski definition) is 2. The standard InChI is InChI=1S/C14H22N4O2/c1-15-13-12(4-3-6-16-13)14(20)18-8-7-17(2)11(10-18)5-9-19/h3-4,6,11,19H,5,7-10H2,1-2H3,(H,15,16)/t11-/m0/s1. The lowest BCUT2D eigenvalue weighted by molar-refractivity contribution is 0.0501. The molecule has 1 aliphatic heterocycles. The zero-order chi connectivity index (χ0) is 14.5. The third kappa shape index (κ3) is 3.08. The SMILES string of the molecule is CNc1ncccc1C(=O)N1CCN(C)[C@@H](CCO)C1. The van der Waals surface area contributed by atoms with Crippen LogP contribution in [-0.4, -0.2) is 72.2 Å². The first-order valence-electron chi connectivity index (χ1n) is 6.90. The molecule has 1 fully saturated rings. The molecule has 6 nitrogen and oxygen atoms in total. The van der Waals surface area contributed by atoms with Crippen molar-refractivity contribution >= 4 is 11.7 Å². The number of carbonyl (C=O) groups excluding carboxylic acids is 1. The van der Waals surface area contributed by atoms with Gasteiger partial charge in [-0.1, -0.05) is 0 Å². The molecule has 2 heterocycles. The average molecular weight is 278 g/mol. The van der Waals surface area contributed by atoms with E-state index in [1.165, 1.54) is 0 Å². The number of nitrogens with zero attached hydrogens (tertiary/aromatic N) is 3. The lowest BCUT2D eigenvalue weighted by Crippen LogP contribution is -2.53. The minimum atomic E-state index is -0.00140. The second-order valence-corrected chi connectivity index (χ2v) is 5.05. The number of aromatic nitrogens is 1. The lowest BCUT2D eigenvalue weighted by atomic mass is 10.1. The summed E-state index contributed by atoms with van der Waals surface area (Å²) >= 11 is 0. The van der Waals surface area contributed by atoms with Crippen LogP contribution in [0.2, 0.25) is 0 Å². The van der Waals surface area contributed by atoms with Crippen LogP contribution in [0.4, 0.5) is 5.82 Å². The van der Waals surface area contributed by atoms with Gasteiger partial charge in [-0.05, 0) is 25.6 Å². The largest absolute Gasteiger partial charge is 0.396 e. The van der Waals surface area contributed by atoms with Gasteiger partial charge in [0.1, 0.15) is 5.82 Å². The quantitative estimate of drug-likeness (QED) is 0.827. The summed E-state index contributed by atoms with van der Waals surface area (Å²) in [6.45, 7) is 2.32. The van der Waals surface area contributed by atoms with Crippen molar-refractivity contribution in [1.82, 2.24) is 14.8 Å². The van der Waals surface area contributed by atoms with E-state index in [4.69, 9.17) is 5.11 Å². The number of hydrogen-bond acceptors (Lipinski definition) is 5. The second kappa shape index (κ2) is 6.67. The lowest BCUT2D eigenvalue weighted by Gasteiger charge is -2.39. The van der Waals surface area contributed by atoms with Gasteiger partial charge in [0.15, 0.2) is 0 Å². The average Bonchev–Trinajstić information content (AvgIpc) is 2.49. The van der Waals surface area contributed by atoms with E-state index in [1.54, 1.807) is 25.4 Å². The van der Waals surface area contributed by atoms with Crippen LogP contribution >= 0.6 is 0 Å². The molecule has 2 rings (SSSR count). The summed E-state index contributed by atoms with van der Waals surface area (Å²) in [5, 5.41) is 12.1. The molecule has 1 aromatic rings. The van der Waals surface area contributed by atoms with Crippen LogP contribution in [0.15, 0.2) is 18.3 Å². The van der Waals surface area contributed by atoms with Gasteiger partial charge in [0.25, 0.3) is 5.91 Å². The fraction of sp³-hybridized carbons (Fsp3) is 0.571. The Kier molecular flexibility index (Phi) is 4.92. The fourth-order valence-electron chi connectivity index (χ4n) is 2.54. The summed E-state index contributed by atoms with van der Waals surface area (Å²) in [5.41, 5.74) is 0.599. The maximum Gasteiger partial charge on any atom is 0.257 e. The van der Waals surface area contributed by atoms with Crippen LogP contribution in [-0.2, 0) is 0 Å². The number of likely N-dealkylation sites (N-methyl/N-ethyl adjacent to an activating group) is 1. The molecule has 0 aromatic carbocycles. The zero-order valence-corrected chi connectivity index (χ0v) is 12.0. The Labute approximate surface area is 119 Å². The van der Waals surface area contributed by atoms with E-state index in [-0.39, 0.29) is 18.6 Å². The predicted octanol–water partition coefficient (Wildman–Crippen LogP) is 0.262. The molecule has 1 aliphatic rings. The molecule has 0 radical (unpaired) electrons. The molecule has 0 bridgehead atoms. The Balaban J connectivity index is 2.13. The summed E-state index contributed by atoms with van der Waals surface area (Å²) < 4.78 is 0. The molecule has 0 unspecified atom stereocenters. The maximum atomic E-state index is 12.6. The molecule has 110 valence electrons. The van der Waals surface area contributed by atoms with Gasteiger partial charge in [-0.15, -0.1) is 0 Å². The number of rotatable bonds is 4. The van der Waals surface area contributed by atoms with E-state index in [1.807, 2.05) is 11.9 Å². The van der Waals surface area contributed by atoms with E-state index in [2.05, 4.69) is 15.2 Å². The van der Waals surface area contributed by atoms with E-state index in [0.717, 1.165) is 6.54 Å². The van der Waals surface area contributed by atoms with Gasteiger partial charge in [-0.3, -0.25) is 9.69 Å². The number of amides is 1. The maximum absolute atomic E-state index is 12.6. The minimum Gasteiger partial charge on any atom is -0.396 e. The molecule has 1 atom stereocenters. The predicted molar refractivity (Wildman–Crippen MR) is 77.8 cm³/mol. The number of piperazine rings is 1. The first-order chi connectivity index (χ1) is 9.67. The molecule has 1 amide bonds. The van der Waals surface area contributed by atoms with Crippen molar-refractivity contribution in [2.45, 2.75) is 12.5 Å². The van der Waals surface area contributed by atoms with Crippen molar-refractivity contribution in [1.29, 1.82) is 0 Å². The highest BCUT2D eigenvalue weighted by Gasteiger charge is 2.28. The number of aliphatic hydroxyl groups is 1. The van der Waals surface area contributed by atoms with Crippen molar-refractivity contribution in [2.75, 3.05) is 45.7 Å². The summed E-state index contributed by atoms with van der Waals surface area (Å²) in [6, 6.07) is 3.78. The van der Waals surface area contributed by atoms with E-state index < -0.39 is 0 Å². The molecular formula is C14H22N4O2. The summed E-state index contributed by atoms with van der Waals surface area (Å²) in [5.74, 6) is 0.605. The van der Waals surface area contributed by atoms with Gasteiger partial charge < -0.3 is 15.3 Å². The van der Waals surface area contributed by atoms with Crippen molar-refractivity contribution in [3.8, 4) is 0 Å². The van der Waals surface area contributed by atoms with E-state index in [0.29, 0.717) is 30.9 Å². The summed E-state index contributed by atoms with van der Waals surface area (Å²) in [7, 11) is 3.79. The van der Waals surface area contributed by atoms with Crippen LogP contribution in [0.1, 0.15) is 16.8 Å². The van der Waals surface area contributed by atoms with Gasteiger partial charge in [0.2, 0.25) is 0 Å². The van der Waals surface area contributed by atoms with Gasteiger partial charge >= 0.3 is 0 Å². The zero-order valence-electron chi connectivity index (χ0n) is 12.0. The van der Waals surface area contributed by atoms with Crippen molar-refractivity contribution in [3.63, 3.8) is 0 Å². The number of anilines is 1.